The van der Waals surface area contributed by atoms with Crippen molar-refractivity contribution in [1.29, 1.82) is 0 Å². The van der Waals surface area contributed by atoms with Gasteiger partial charge in [0.1, 0.15) is 23.0 Å². The molecule has 0 saturated carbocycles. The summed E-state index contributed by atoms with van der Waals surface area (Å²) in [5.41, 5.74) is -3.24. The maximum atomic E-state index is 12.5. The van der Waals surface area contributed by atoms with E-state index in [1.165, 1.54) is 16.9 Å². The van der Waals surface area contributed by atoms with Crippen LogP contribution in [-0.2, 0) is 52.5 Å². The number of carbonyl (C=O) groups excluding carboxylic acids is 8. The van der Waals surface area contributed by atoms with Crippen LogP contribution >= 0.6 is 0 Å². The molecule has 3 heterocycles. The van der Waals surface area contributed by atoms with Crippen LogP contribution in [0.25, 0.3) is 0 Å². The minimum absolute atomic E-state index is 0.0444. The van der Waals surface area contributed by atoms with Gasteiger partial charge >= 0.3 is 30.1 Å². The van der Waals surface area contributed by atoms with E-state index in [-0.39, 0.29) is 45.9 Å². The molecule has 3 fully saturated rings. The van der Waals surface area contributed by atoms with Crippen molar-refractivity contribution in [3.63, 3.8) is 0 Å². The molecule has 0 radical (unpaired) electrons. The Labute approximate surface area is 273 Å². The standard InChI is InChI=1S/C16H26N2O7.C14H20N2O6/c1-6-24-12(20)7-11(19)17-8-16(13(21)23-5)9-18(10-16)14(22)25-15(2,3)4;1-13(2,3)22-12(20)16-6-14(7-16)5-15-10(18)8(9(14)17)11(19)21-4/h6-10H2,1-5H3,(H,17,19);8H,5-7H2,1-4H3,(H,15,18). The predicted octanol–water partition coefficient (Wildman–Crippen LogP) is 0.178. The Kier molecular flexibility index (Phi) is 12.3. The lowest BCUT2D eigenvalue weighted by atomic mass is 9.69. The van der Waals surface area contributed by atoms with Crippen molar-refractivity contribution in [3.05, 3.63) is 0 Å². The lowest BCUT2D eigenvalue weighted by Crippen LogP contribution is -2.71. The van der Waals surface area contributed by atoms with Crippen LogP contribution in [0.5, 0.6) is 0 Å². The molecule has 0 aromatic carbocycles. The van der Waals surface area contributed by atoms with E-state index < -0.39 is 82.1 Å². The first-order valence-electron chi connectivity index (χ1n) is 15.0. The molecule has 0 aliphatic carbocycles. The molecule has 4 amide bonds. The third-order valence-corrected chi connectivity index (χ3v) is 7.22. The second-order valence-electron chi connectivity index (χ2n) is 13.5. The van der Waals surface area contributed by atoms with Gasteiger partial charge in [0.05, 0.1) is 26.2 Å². The molecule has 3 aliphatic rings. The molecule has 1 atom stereocenters. The highest BCUT2D eigenvalue weighted by molar-refractivity contribution is 6.20. The molecule has 0 bridgehead atoms. The van der Waals surface area contributed by atoms with Gasteiger partial charge in [-0.25, -0.2) is 9.59 Å². The van der Waals surface area contributed by atoms with Crippen LogP contribution in [0.15, 0.2) is 0 Å². The zero-order valence-electron chi connectivity index (χ0n) is 28.4. The molecule has 3 aliphatic heterocycles. The molecule has 17 nitrogen and oxygen atoms in total. The summed E-state index contributed by atoms with van der Waals surface area (Å²) in [5.74, 6) is -5.23. The van der Waals surface area contributed by atoms with E-state index >= 15 is 0 Å². The Morgan fingerprint density at radius 3 is 1.81 bits per heavy atom. The Bertz CT molecular complexity index is 1250. The smallest absolute Gasteiger partial charge is 0.410 e. The van der Waals surface area contributed by atoms with Crippen molar-refractivity contribution >= 4 is 47.7 Å². The topological polar surface area (TPSA) is 213 Å². The number of carbonyl (C=O) groups is 8. The summed E-state index contributed by atoms with van der Waals surface area (Å²) >= 11 is 0. The summed E-state index contributed by atoms with van der Waals surface area (Å²) in [6.45, 7) is 12.7. The van der Waals surface area contributed by atoms with E-state index in [2.05, 4.69) is 20.1 Å². The third kappa shape index (κ3) is 10.0. The third-order valence-electron chi connectivity index (χ3n) is 7.22. The molecule has 2 N–H and O–H groups in total. The average Bonchev–Trinajstić information content (AvgIpc) is 2.89. The Morgan fingerprint density at radius 2 is 1.36 bits per heavy atom. The fourth-order valence-electron chi connectivity index (χ4n) is 4.95. The van der Waals surface area contributed by atoms with Gasteiger partial charge in [0.15, 0.2) is 11.7 Å². The number of ketones is 1. The monoisotopic (exact) mass is 670 g/mol. The van der Waals surface area contributed by atoms with Crippen LogP contribution in [0.1, 0.15) is 54.9 Å². The largest absolute Gasteiger partial charge is 0.468 e. The van der Waals surface area contributed by atoms with E-state index in [0.717, 1.165) is 7.11 Å². The molecule has 0 aromatic heterocycles. The molecule has 3 rings (SSSR count). The number of nitrogens with zero attached hydrogens (tertiary/aromatic N) is 2. The van der Waals surface area contributed by atoms with Gasteiger partial charge in [0.25, 0.3) is 0 Å². The summed E-state index contributed by atoms with van der Waals surface area (Å²) in [4.78, 5) is 97.5. The van der Waals surface area contributed by atoms with E-state index in [4.69, 9.17) is 14.2 Å². The molecule has 17 heteroatoms. The van der Waals surface area contributed by atoms with Crippen molar-refractivity contribution in [3.8, 4) is 0 Å². The summed E-state index contributed by atoms with van der Waals surface area (Å²) in [7, 11) is 2.36. The van der Waals surface area contributed by atoms with Gasteiger partial charge in [0, 0.05) is 39.3 Å². The minimum Gasteiger partial charge on any atom is -0.468 e. The van der Waals surface area contributed by atoms with E-state index in [0.29, 0.717) is 0 Å². The number of hydrogen-bond donors (Lipinski definition) is 2. The van der Waals surface area contributed by atoms with Gasteiger partial charge in [-0.3, -0.25) is 28.8 Å². The Hall–Kier alpha value is -4.44. The maximum Gasteiger partial charge on any atom is 0.410 e. The number of Topliss-reactive ketones (excluding diaryl/α,β-unsaturated/α-hetero) is 1. The van der Waals surface area contributed by atoms with Crippen LogP contribution in [0, 0.1) is 16.7 Å². The van der Waals surface area contributed by atoms with Gasteiger partial charge in [-0.1, -0.05) is 0 Å². The van der Waals surface area contributed by atoms with Gasteiger partial charge in [0.2, 0.25) is 11.8 Å². The van der Waals surface area contributed by atoms with Crippen molar-refractivity contribution in [1.82, 2.24) is 20.4 Å². The molecule has 1 unspecified atom stereocenters. The molecule has 264 valence electrons. The molecule has 0 aromatic rings. The first-order valence-corrected chi connectivity index (χ1v) is 15.0. The number of esters is 3. The van der Waals surface area contributed by atoms with Crippen molar-refractivity contribution in [2.24, 2.45) is 16.7 Å². The number of amides is 4. The fourth-order valence-corrected chi connectivity index (χ4v) is 4.95. The predicted molar refractivity (Wildman–Crippen MR) is 160 cm³/mol. The van der Waals surface area contributed by atoms with Gasteiger partial charge < -0.3 is 44.1 Å². The Balaban J connectivity index is 0.000000329. The van der Waals surface area contributed by atoms with Crippen molar-refractivity contribution < 1.29 is 62.0 Å². The van der Waals surface area contributed by atoms with Gasteiger partial charge in [-0.2, -0.15) is 0 Å². The number of methoxy groups -OCH3 is 2. The molecular weight excluding hydrogens is 624 g/mol. The highest BCUT2D eigenvalue weighted by Gasteiger charge is 2.59. The number of hydrogen-bond acceptors (Lipinski definition) is 13. The summed E-state index contributed by atoms with van der Waals surface area (Å²) < 4.78 is 24.4. The first-order chi connectivity index (χ1) is 21.6. The molecule has 47 heavy (non-hydrogen) atoms. The number of ether oxygens (including phenoxy) is 5. The second kappa shape index (κ2) is 15.0. The second-order valence-corrected chi connectivity index (χ2v) is 13.5. The molecule has 1 spiro atoms. The van der Waals surface area contributed by atoms with E-state index in [1.807, 2.05) is 0 Å². The normalized spacial score (nSPS) is 19.4. The van der Waals surface area contributed by atoms with Crippen LogP contribution in [0.2, 0.25) is 0 Å². The SMILES string of the molecule is CCOC(=O)CC(=O)NCC1(C(=O)OC)CN(C(=O)OC(C)(C)C)C1.COC(=O)C1C(=O)NCC2(CN(C(=O)OC(C)(C)C)C2)C1=O. The first kappa shape index (κ1) is 38.7. The van der Waals surface area contributed by atoms with Crippen molar-refractivity contribution in [2.75, 3.05) is 60.1 Å². The van der Waals surface area contributed by atoms with Crippen molar-refractivity contribution in [2.45, 2.75) is 66.1 Å². The van der Waals surface area contributed by atoms with Crippen LogP contribution in [0.4, 0.5) is 9.59 Å². The summed E-state index contributed by atoms with van der Waals surface area (Å²) in [5, 5.41) is 5.06. The van der Waals surface area contributed by atoms with Gasteiger partial charge in [-0.05, 0) is 48.5 Å². The summed E-state index contributed by atoms with van der Waals surface area (Å²) in [6.07, 6.45) is -1.48. The minimum atomic E-state index is -1.46. The number of piperidine rings is 1. The van der Waals surface area contributed by atoms with E-state index in [9.17, 15) is 38.4 Å². The van der Waals surface area contributed by atoms with Crippen LogP contribution in [0.3, 0.4) is 0 Å². The lowest BCUT2D eigenvalue weighted by molar-refractivity contribution is -0.165. The average molecular weight is 671 g/mol. The maximum absolute atomic E-state index is 12.5. The highest BCUT2D eigenvalue weighted by atomic mass is 16.6. The quantitative estimate of drug-likeness (QED) is 0.210. The van der Waals surface area contributed by atoms with Crippen LogP contribution < -0.4 is 10.6 Å². The van der Waals surface area contributed by atoms with Crippen LogP contribution in [-0.4, -0.2) is 129 Å². The summed E-state index contributed by atoms with van der Waals surface area (Å²) in [6, 6.07) is 0. The highest BCUT2D eigenvalue weighted by Crippen LogP contribution is 2.37. The zero-order chi connectivity index (χ0) is 36.0. The molecular formula is C30H46N4O13. The van der Waals surface area contributed by atoms with E-state index in [1.54, 1.807) is 48.5 Å². The number of rotatable bonds is 7. The number of nitrogens with one attached hydrogen (secondary N) is 2. The lowest BCUT2D eigenvalue weighted by Gasteiger charge is -2.51. The van der Waals surface area contributed by atoms with Gasteiger partial charge in [-0.15, -0.1) is 0 Å². The zero-order valence-corrected chi connectivity index (χ0v) is 28.4. The molecule has 3 saturated heterocycles. The fraction of sp³-hybridized carbons (Fsp3) is 0.733. The Morgan fingerprint density at radius 1 is 0.851 bits per heavy atom. The number of likely N-dealkylation sites (tertiary alicyclic amines) is 2.